The third-order valence-corrected chi connectivity index (χ3v) is 5.70. The minimum Gasteiger partial charge on any atom is -0.497 e. The molecule has 0 radical (unpaired) electrons. The van der Waals surface area contributed by atoms with Crippen molar-refractivity contribution < 1.29 is 23.8 Å². The van der Waals surface area contributed by atoms with Gasteiger partial charge in [0.15, 0.2) is 5.49 Å². The first kappa shape index (κ1) is 25.8. The predicted molar refractivity (Wildman–Crippen MR) is 137 cm³/mol. The van der Waals surface area contributed by atoms with E-state index in [1.165, 1.54) is 17.6 Å². The number of hydrogen-bond donors (Lipinski definition) is 0. The summed E-state index contributed by atoms with van der Waals surface area (Å²) >= 11 is 0. The minimum atomic E-state index is -0.693. The number of methoxy groups -OCH3 is 1. The summed E-state index contributed by atoms with van der Waals surface area (Å²) in [7, 11) is 1.53. The fraction of sp³-hybridized carbons (Fsp3) is 0.296. The van der Waals surface area contributed by atoms with Gasteiger partial charge in [0.05, 0.1) is 19.1 Å². The molecule has 4 rings (SSSR count). The Morgan fingerprint density at radius 2 is 1.84 bits per heavy atom. The van der Waals surface area contributed by atoms with E-state index in [2.05, 4.69) is 4.99 Å². The molecule has 0 aliphatic rings. The summed E-state index contributed by atoms with van der Waals surface area (Å²) in [5.41, 5.74) is 0.760. The zero-order valence-electron chi connectivity index (χ0n) is 21.0. The Hall–Kier alpha value is -4.31. The Balaban J connectivity index is 2.02. The summed E-state index contributed by atoms with van der Waals surface area (Å²) in [4.78, 5) is 48.7. The number of nitrogens with zero attached hydrogens (tertiary/aromatic N) is 4. The highest BCUT2D eigenvalue weighted by molar-refractivity contribution is 5.97. The van der Waals surface area contributed by atoms with Crippen molar-refractivity contribution in [3.8, 4) is 5.75 Å². The second kappa shape index (κ2) is 11.6. The van der Waals surface area contributed by atoms with Crippen LogP contribution in [0.15, 0.2) is 64.5 Å². The average molecular weight is 505 g/mol. The van der Waals surface area contributed by atoms with Crippen molar-refractivity contribution in [3.05, 3.63) is 81.7 Å². The Bertz CT molecular complexity index is 1570. The van der Waals surface area contributed by atoms with Crippen LogP contribution in [-0.4, -0.2) is 52.8 Å². The first-order valence-corrected chi connectivity index (χ1v) is 12.0. The molecule has 0 bridgehead atoms. The van der Waals surface area contributed by atoms with Gasteiger partial charge in [-0.2, -0.15) is 4.99 Å². The Labute approximate surface area is 212 Å². The van der Waals surface area contributed by atoms with E-state index in [1.807, 2.05) is 6.92 Å². The van der Waals surface area contributed by atoms with Gasteiger partial charge in [0, 0.05) is 31.5 Å². The van der Waals surface area contributed by atoms with Crippen molar-refractivity contribution in [1.82, 2.24) is 14.0 Å². The minimum absolute atomic E-state index is 0.00222. The lowest BCUT2D eigenvalue weighted by atomic mass is 10.2. The average Bonchev–Trinajstić information content (AvgIpc) is 2.92. The molecule has 0 aliphatic carbocycles. The van der Waals surface area contributed by atoms with Crippen LogP contribution in [0.4, 0.5) is 0 Å². The molecule has 3 heterocycles. The van der Waals surface area contributed by atoms with E-state index in [0.29, 0.717) is 48.8 Å². The summed E-state index contributed by atoms with van der Waals surface area (Å²) in [5.74, 6) is -0.664. The molecule has 4 aromatic rings. The van der Waals surface area contributed by atoms with E-state index in [1.54, 1.807) is 60.2 Å². The van der Waals surface area contributed by atoms with E-state index in [-0.39, 0.29) is 28.6 Å². The second-order valence-electron chi connectivity index (χ2n) is 8.03. The Kier molecular flexibility index (Phi) is 8.09. The number of amides is 1. The standard InChI is InChI=1S/C27H28N4O6/c1-4-36-16-8-15-31-23-20(26(33)30-14-7-6-9-22(30)28-23)17-21(27(34)37-5-2)24(31)29-25(32)18-10-12-19(35-3)13-11-18/h6-7,9-14,17H,4-5,8,15-16H2,1-3H3. The van der Waals surface area contributed by atoms with Crippen LogP contribution in [0.5, 0.6) is 5.75 Å². The number of aryl methyl sites for hydroxylation is 1. The summed E-state index contributed by atoms with van der Waals surface area (Å²) < 4.78 is 18.9. The van der Waals surface area contributed by atoms with Gasteiger partial charge in [-0.05, 0) is 62.7 Å². The van der Waals surface area contributed by atoms with Crippen molar-refractivity contribution in [2.24, 2.45) is 4.99 Å². The van der Waals surface area contributed by atoms with E-state index in [0.717, 1.165) is 0 Å². The molecule has 10 heteroatoms. The maximum absolute atomic E-state index is 13.4. The SMILES string of the molecule is CCOCCCn1c(=NC(=O)c2ccc(OC)cc2)c(C(=O)OCC)cc2c(=O)n3ccccc3nc21. The van der Waals surface area contributed by atoms with E-state index in [9.17, 15) is 14.4 Å². The maximum atomic E-state index is 13.4. The van der Waals surface area contributed by atoms with Crippen molar-refractivity contribution in [1.29, 1.82) is 0 Å². The van der Waals surface area contributed by atoms with Gasteiger partial charge in [-0.1, -0.05) is 6.07 Å². The first-order valence-electron chi connectivity index (χ1n) is 12.0. The van der Waals surface area contributed by atoms with Gasteiger partial charge in [0.1, 0.15) is 22.6 Å². The fourth-order valence-electron chi connectivity index (χ4n) is 3.93. The Morgan fingerprint density at radius 1 is 1.05 bits per heavy atom. The van der Waals surface area contributed by atoms with Crippen LogP contribution >= 0.6 is 0 Å². The van der Waals surface area contributed by atoms with Crippen molar-refractivity contribution in [2.45, 2.75) is 26.8 Å². The fourth-order valence-corrected chi connectivity index (χ4v) is 3.93. The number of hydrogen-bond acceptors (Lipinski definition) is 7. The monoisotopic (exact) mass is 504 g/mol. The van der Waals surface area contributed by atoms with Gasteiger partial charge in [-0.25, -0.2) is 9.78 Å². The molecule has 0 fully saturated rings. The molecule has 0 N–H and O–H groups in total. The predicted octanol–water partition coefficient (Wildman–Crippen LogP) is 3.00. The number of benzene rings is 1. The van der Waals surface area contributed by atoms with Crippen molar-refractivity contribution in [3.63, 3.8) is 0 Å². The molecule has 192 valence electrons. The first-order chi connectivity index (χ1) is 18.0. The number of ether oxygens (including phenoxy) is 3. The molecule has 0 atom stereocenters. The highest BCUT2D eigenvalue weighted by Crippen LogP contribution is 2.14. The van der Waals surface area contributed by atoms with Crippen LogP contribution in [-0.2, 0) is 16.0 Å². The van der Waals surface area contributed by atoms with Gasteiger partial charge < -0.3 is 18.8 Å². The van der Waals surface area contributed by atoms with Crippen LogP contribution < -0.4 is 15.8 Å². The van der Waals surface area contributed by atoms with Gasteiger partial charge in [0.2, 0.25) is 0 Å². The lowest BCUT2D eigenvalue weighted by Gasteiger charge is -2.15. The van der Waals surface area contributed by atoms with E-state index >= 15 is 0 Å². The number of aromatic nitrogens is 3. The third kappa shape index (κ3) is 5.44. The van der Waals surface area contributed by atoms with Crippen LogP contribution in [0.25, 0.3) is 16.7 Å². The molecule has 10 nitrogen and oxygen atoms in total. The number of carbonyl (C=O) groups is 2. The van der Waals surface area contributed by atoms with Gasteiger partial charge in [-0.3, -0.25) is 14.0 Å². The number of esters is 1. The van der Waals surface area contributed by atoms with Crippen molar-refractivity contribution in [2.75, 3.05) is 26.9 Å². The lowest BCUT2D eigenvalue weighted by molar-refractivity contribution is 0.0523. The number of carbonyl (C=O) groups excluding carboxylic acids is 2. The van der Waals surface area contributed by atoms with Gasteiger partial charge >= 0.3 is 5.97 Å². The van der Waals surface area contributed by atoms with E-state index in [4.69, 9.17) is 19.2 Å². The largest absolute Gasteiger partial charge is 0.497 e. The molecular weight excluding hydrogens is 476 g/mol. The topological polar surface area (TPSA) is 113 Å². The zero-order valence-corrected chi connectivity index (χ0v) is 21.0. The highest BCUT2D eigenvalue weighted by atomic mass is 16.5. The molecule has 0 saturated carbocycles. The van der Waals surface area contributed by atoms with Crippen LogP contribution in [0.3, 0.4) is 0 Å². The van der Waals surface area contributed by atoms with Crippen LogP contribution in [0.2, 0.25) is 0 Å². The van der Waals surface area contributed by atoms with E-state index < -0.39 is 11.9 Å². The zero-order chi connectivity index (χ0) is 26.4. The maximum Gasteiger partial charge on any atom is 0.341 e. The molecule has 0 spiro atoms. The summed E-state index contributed by atoms with van der Waals surface area (Å²) in [6.07, 6.45) is 2.15. The van der Waals surface area contributed by atoms with Crippen LogP contribution in [0, 0.1) is 0 Å². The summed E-state index contributed by atoms with van der Waals surface area (Å²) in [6, 6.07) is 13.1. The highest BCUT2D eigenvalue weighted by Gasteiger charge is 2.20. The Morgan fingerprint density at radius 3 is 2.54 bits per heavy atom. The number of rotatable bonds is 9. The number of pyridine rings is 2. The number of fused-ring (bicyclic) bond motifs is 2. The smallest absolute Gasteiger partial charge is 0.341 e. The molecule has 37 heavy (non-hydrogen) atoms. The molecule has 0 saturated heterocycles. The van der Waals surface area contributed by atoms with Gasteiger partial charge in [0.25, 0.3) is 11.5 Å². The molecule has 1 aromatic carbocycles. The lowest BCUT2D eigenvalue weighted by Crippen LogP contribution is -2.33. The molecule has 3 aromatic heterocycles. The third-order valence-electron chi connectivity index (χ3n) is 5.70. The molecular formula is C27H28N4O6. The molecule has 1 amide bonds. The van der Waals surface area contributed by atoms with Crippen LogP contribution in [0.1, 0.15) is 41.0 Å². The second-order valence-corrected chi connectivity index (χ2v) is 8.03. The molecule has 0 aliphatic heterocycles. The normalized spacial score (nSPS) is 11.7. The molecule has 0 unspecified atom stereocenters. The van der Waals surface area contributed by atoms with Crippen molar-refractivity contribution >= 4 is 28.6 Å². The quantitative estimate of drug-likeness (QED) is 0.196. The summed E-state index contributed by atoms with van der Waals surface area (Å²) in [6.45, 7) is 4.97. The summed E-state index contributed by atoms with van der Waals surface area (Å²) in [5, 5.41) is 0.207. The van der Waals surface area contributed by atoms with Gasteiger partial charge in [-0.15, -0.1) is 0 Å².